The number of halogens is 1. The number of nitrogens with zero attached hydrogens (tertiary/aromatic N) is 2. The lowest BCUT2D eigenvalue weighted by atomic mass is 9.95. The number of hydrogen-bond acceptors (Lipinski definition) is 2. The van der Waals surface area contributed by atoms with Crippen molar-refractivity contribution >= 4 is 17.5 Å². The molecule has 1 atom stereocenters. The molecule has 0 bridgehead atoms. The van der Waals surface area contributed by atoms with Crippen molar-refractivity contribution in [3.8, 4) is 6.07 Å². The van der Waals surface area contributed by atoms with Crippen molar-refractivity contribution in [3.63, 3.8) is 0 Å². The van der Waals surface area contributed by atoms with E-state index in [-0.39, 0.29) is 5.91 Å². The highest BCUT2D eigenvalue weighted by Gasteiger charge is 2.27. The summed E-state index contributed by atoms with van der Waals surface area (Å²) in [6.45, 7) is 3.76. The third kappa shape index (κ3) is 3.74. The number of amides is 1. The Labute approximate surface area is 125 Å². The van der Waals surface area contributed by atoms with Crippen LogP contribution in [0.15, 0.2) is 24.3 Å². The van der Waals surface area contributed by atoms with Gasteiger partial charge in [0.05, 0.1) is 6.07 Å². The van der Waals surface area contributed by atoms with Gasteiger partial charge in [0.25, 0.3) is 0 Å². The van der Waals surface area contributed by atoms with E-state index < -0.39 is 5.92 Å². The number of likely N-dealkylation sites (tertiary alicyclic amines) is 1. The van der Waals surface area contributed by atoms with Crippen LogP contribution in [0.5, 0.6) is 0 Å². The molecule has 3 nitrogen and oxygen atoms in total. The van der Waals surface area contributed by atoms with Crippen molar-refractivity contribution in [2.45, 2.75) is 26.2 Å². The molecular weight excluding hydrogens is 272 g/mol. The van der Waals surface area contributed by atoms with Gasteiger partial charge in [0.2, 0.25) is 5.91 Å². The summed E-state index contributed by atoms with van der Waals surface area (Å²) in [5.74, 6) is 0.0507. The van der Waals surface area contributed by atoms with E-state index in [1.165, 1.54) is 0 Å². The van der Waals surface area contributed by atoms with Crippen LogP contribution in [0, 0.1) is 23.2 Å². The third-order valence-corrected chi connectivity index (χ3v) is 4.15. The topological polar surface area (TPSA) is 44.1 Å². The van der Waals surface area contributed by atoms with Gasteiger partial charge in [-0.05, 0) is 42.9 Å². The standard InChI is InChI=1S/C16H19ClN2O/c1-12-6-8-19(9-7-12)16(20)14(11-18)10-13-2-4-15(17)5-3-13/h2-5,12,14H,6-10H2,1H3. The van der Waals surface area contributed by atoms with E-state index in [4.69, 9.17) is 11.6 Å². The number of hydrogen-bond donors (Lipinski definition) is 0. The van der Waals surface area contributed by atoms with Crippen LogP contribution >= 0.6 is 11.6 Å². The molecule has 106 valence electrons. The Morgan fingerprint density at radius 1 is 1.40 bits per heavy atom. The monoisotopic (exact) mass is 290 g/mol. The summed E-state index contributed by atoms with van der Waals surface area (Å²) >= 11 is 5.84. The van der Waals surface area contributed by atoms with Crippen LogP contribution in [0.2, 0.25) is 5.02 Å². The van der Waals surface area contributed by atoms with Gasteiger partial charge in [-0.3, -0.25) is 4.79 Å². The van der Waals surface area contributed by atoms with Gasteiger partial charge in [-0.2, -0.15) is 5.26 Å². The Balaban J connectivity index is 1.99. The van der Waals surface area contributed by atoms with Crippen molar-refractivity contribution in [2.75, 3.05) is 13.1 Å². The Morgan fingerprint density at radius 3 is 2.55 bits per heavy atom. The van der Waals surface area contributed by atoms with E-state index in [0.717, 1.165) is 31.5 Å². The van der Waals surface area contributed by atoms with Gasteiger partial charge in [-0.15, -0.1) is 0 Å². The van der Waals surface area contributed by atoms with Crippen molar-refractivity contribution in [3.05, 3.63) is 34.9 Å². The molecule has 1 aliphatic heterocycles. The first kappa shape index (κ1) is 14.9. The molecule has 0 saturated carbocycles. The highest BCUT2D eigenvalue weighted by molar-refractivity contribution is 6.30. The summed E-state index contributed by atoms with van der Waals surface area (Å²) in [6.07, 6.45) is 2.52. The maximum Gasteiger partial charge on any atom is 0.240 e. The minimum atomic E-state index is -0.593. The molecule has 0 spiro atoms. The molecule has 0 aromatic heterocycles. The van der Waals surface area contributed by atoms with Crippen LogP contribution in [0.1, 0.15) is 25.3 Å². The van der Waals surface area contributed by atoms with Gasteiger partial charge < -0.3 is 4.90 Å². The van der Waals surface area contributed by atoms with Gasteiger partial charge in [0, 0.05) is 18.1 Å². The fourth-order valence-corrected chi connectivity index (χ4v) is 2.62. The number of nitriles is 1. The zero-order valence-corrected chi connectivity index (χ0v) is 12.4. The smallest absolute Gasteiger partial charge is 0.240 e. The number of piperidine rings is 1. The zero-order valence-electron chi connectivity index (χ0n) is 11.7. The molecule has 1 aromatic carbocycles. The van der Waals surface area contributed by atoms with Crippen LogP contribution in [-0.2, 0) is 11.2 Å². The Hall–Kier alpha value is -1.53. The fourth-order valence-electron chi connectivity index (χ4n) is 2.49. The normalized spacial score (nSPS) is 17.6. The van der Waals surface area contributed by atoms with Crippen molar-refractivity contribution in [1.29, 1.82) is 5.26 Å². The van der Waals surface area contributed by atoms with E-state index in [1.807, 2.05) is 17.0 Å². The first-order valence-electron chi connectivity index (χ1n) is 7.03. The van der Waals surface area contributed by atoms with E-state index >= 15 is 0 Å². The lowest BCUT2D eigenvalue weighted by Gasteiger charge is -2.31. The summed E-state index contributed by atoms with van der Waals surface area (Å²) < 4.78 is 0. The third-order valence-electron chi connectivity index (χ3n) is 3.90. The van der Waals surface area contributed by atoms with Gasteiger partial charge in [-0.1, -0.05) is 30.7 Å². The van der Waals surface area contributed by atoms with Crippen LogP contribution in [-0.4, -0.2) is 23.9 Å². The molecule has 0 aliphatic carbocycles. The van der Waals surface area contributed by atoms with Gasteiger partial charge in [0.15, 0.2) is 0 Å². The van der Waals surface area contributed by atoms with Crippen LogP contribution in [0.3, 0.4) is 0 Å². The van der Waals surface area contributed by atoms with Gasteiger partial charge in [-0.25, -0.2) is 0 Å². The largest absolute Gasteiger partial charge is 0.342 e. The number of carbonyl (C=O) groups excluding carboxylic acids is 1. The van der Waals surface area contributed by atoms with E-state index in [2.05, 4.69) is 13.0 Å². The minimum Gasteiger partial charge on any atom is -0.342 e. The second kappa shape index (κ2) is 6.76. The van der Waals surface area contributed by atoms with Crippen molar-refractivity contribution in [1.82, 2.24) is 4.90 Å². The molecule has 1 unspecified atom stereocenters. The zero-order chi connectivity index (χ0) is 14.5. The highest BCUT2D eigenvalue weighted by Crippen LogP contribution is 2.20. The molecule has 1 aromatic rings. The molecule has 1 heterocycles. The molecular formula is C16H19ClN2O. The number of carbonyl (C=O) groups is 1. The first-order chi connectivity index (χ1) is 9.60. The molecule has 0 N–H and O–H groups in total. The maximum absolute atomic E-state index is 12.4. The molecule has 1 fully saturated rings. The molecule has 1 aliphatic rings. The summed E-state index contributed by atoms with van der Waals surface area (Å²) in [4.78, 5) is 14.2. The number of benzene rings is 1. The van der Waals surface area contributed by atoms with E-state index in [9.17, 15) is 10.1 Å². The van der Waals surface area contributed by atoms with Crippen molar-refractivity contribution in [2.24, 2.45) is 11.8 Å². The van der Waals surface area contributed by atoms with Crippen LogP contribution < -0.4 is 0 Å². The Bertz CT molecular complexity index is 498. The second-order valence-electron chi connectivity index (χ2n) is 5.52. The maximum atomic E-state index is 12.4. The van der Waals surface area contributed by atoms with Crippen molar-refractivity contribution < 1.29 is 4.79 Å². The average molecular weight is 291 g/mol. The quantitative estimate of drug-likeness (QED) is 0.857. The predicted molar refractivity (Wildman–Crippen MR) is 79.2 cm³/mol. The summed E-state index contributed by atoms with van der Waals surface area (Å²) in [7, 11) is 0. The fraction of sp³-hybridized carbons (Fsp3) is 0.500. The van der Waals surface area contributed by atoms with E-state index in [1.54, 1.807) is 12.1 Å². The first-order valence-corrected chi connectivity index (χ1v) is 7.41. The number of rotatable bonds is 3. The van der Waals surface area contributed by atoms with E-state index in [0.29, 0.717) is 17.4 Å². The Morgan fingerprint density at radius 2 is 2.00 bits per heavy atom. The molecule has 4 heteroatoms. The van der Waals surface area contributed by atoms with Crippen LogP contribution in [0.4, 0.5) is 0 Å². The minimum absolute atomic E-state index is 0.0330. The molecule has 0 radical (unpaired) electrons. The molecule has 20 heavy (non-hydrogen) atoms. The molecule has 2 rings (SSSR count). The lowest BCUT2D eigenvalue weighted by molar-refractivity contribution is -0.135. The summed E-state index contributed by atoms with van der Waals surface area (Å²) in [5.41, 5.74) is 0.972. The highest BCUT2D eigenvalue weighted by atomic mass is 35.5. The molecule has 1 saturated heterocycles. The van der Waals surface area contributed by atoms with Gasteiger partial charge in [0.1, 0.15) is 5.92 Å². The SMILES string of the molecule is CC1CCN(C(=O)C(C#N)Cc2ccc(Cl)cc2)CC1. The Kier molecular flexibility index (Phi) is 5.03. The van der Waals surface area contributed by atoms with Gasteiger partial charge >= 0.3 is 0 Å². The summed E-state index contributed by atoms with van der Waals surface area (Å²) in [6, 6.07) is 9.48. The lowest BCUT2D eigenvalue weighted by Crippen LogP contribution is -2.41. The second-order valence-corrected chi connectivity index (χ2v) is 5.96. The summed E-state index contributed by atoms with van der Waals surface area (Å²) in [5, 5.41) is 9.94. The molecule has 1 amide bonds. The average Bonchev–Trinajstić information content (AvgIpc) is 2.47. The predicted octanol–water partition coefficient (Wildman–Crippen LogP) is 3.28. The van der Waals surface area contributed by atoms with Crippen LogP contribution in [0.25, 0.3) is 0 Å².